The predicted octanol–water partition coefficient (Wildman–Crippen LogP) is 3.49. The topological polar surface area (TPSA) is 80.2 Å². The van der Waals surface area contributed by atoms with Gasteiger partial charge in [-0.15, -0.1) is 10.2 Å². The highest BCUT2D eigenvalue weighted by molar-refractivity contribution is 6.34. The Bertz CT molecular complexity index is 777. The normalized spacial score (nSPS) is 18.2. The maximum atomic E-state index is 12.3. The van der Waals surface area contributed by atoms with Gasteiger partial charge in [0.05, 0.1) is 0 Å². The second-order valence-electron chi connectivity index (χ2n) is 7.15. The highest BCUT2D eigenvalue weighted by Crippen LogP contribution is 2.25. The second kappa shape index (κ2) is 7.00. The molecule has 0 saturated carbocycles. The third kappa shape index (κ3) is 4.28. The standard InChI is InChI=1S/C17H22ClN5O2/c1-17(2,3)25-16(24)23-9-5-6-11(10-23)20-15-13-12(7-4-8-19-13)14(18)21-22-15/h4,7-8,11H,5-6,9-10H2,1-3H3,(H,20,22). The van der Waals surface area contributed by atoms with E-state index in [0.717, 1.165) is 18.2 Å². The lowest BCUT2D eigenvalue weighted by Crippen LogP contribution is -2.47. The Hall–Kier alpha value is -2.15. The van der Waals surface area contributed by atoms with Crippen molar-refractivity contribution in [3.8, 4) is 0 Å². The van der Waals surface area contributed by atoms with Gasteiger partial charge in [0.25, 0.3) is 0 Å². The van der Waals surface area contributed by atoms with Crippen LogP contribution in [0.2, 0.25) is 5.15 Å². The van der Waals surface area contributed by atoms with Gasteiger partial charge in [0.15, 0.2) is 11.0 Å². The van der Waals surface area contributed by atoms with Crippen molar-refractivity contribution in [2.75, 3.05) is 18.4 Å². The van der Waals surface area contributed by atoms with Crippen LogP contribution >= 0.6 is 11.6 Å². The number of piperidine rings is 1. The Morgan fingerprint density at radius 2 is 2.20 bits per heavy atom. The third-order valence-electron chi connectivity index (χ3n) is 3.91. The maximum absolute atomic E-state index is 12.3. The number of hydrogen-bond acceptors (Lipinski definition) is 6. The summed E-state index contributed by atoms with van der Waals surface area (Å²) in [6, 6.07) is 3.73. The van der Waals surface area contributed by atoms with Gasteiger partial charge >= 0.3 is 6.09 Å². The number of ether oxygens (including phenoxy) is 1. The molecule has 2 aromatic heterocycles. The summed E-state index contributed by atoms with van der Waals surface area (Å²) in [5, 5.41) is 12.6. The first-order valence-corrected chi connectivity index (χ1v) is 8.72. The number of pyridine rings is 1. The average Bonchev–Trinajstić information content (AvgIpc) is 2.56. The number of aromatic nitrogens is 3. The van der Waals surface area contributed by atoms with E-state index >= 15 is 0 Å². The molecule has 1 unspecified atom stereocenters. The predicted molar refractivity (Wildman–Crippen MR) is 96.8 cm³/mol. The molecule has 0 aromatic carbocycles. The van der Waals surface area contributed by atoms with Gasteiger partial charge in [-0.1, -0.05) is 11.6 Å². The quantitative estimate of drug-likeness (QED) is 0.879. The number of fused-ring (bicyclic) bond motifs is 1. The van der Waals surface area contributed by atoms with Crippen LogP contribution in [0.3, 0.4) is 0 Å². The number of likely N-dealkylation sites (tertiary alicyclic amines) is 1. The van der Waals surface area contributed by atoms with Gasteiger partial charge in [-0.3, -0.25) is 4.98 Å². The molecule has 1 atom stereocenters. The van der Waals surface area contributed by atoms with Gasteiger partial charge in [0.1, 0.15) is 11.1 Å². The Kier molecular flexibility index (Phi) is 4.94. The molecule has 1 aliphatic rings. The zero-order valence-corrected chi connectivity index (χ0v) is 15.4. The summed E-state index contributed by atoms with van der Waals surface area (Å²) in [5.74, 6) is 0.580. The lowest BCUT2D eigenvalue weighted by Gasteiger charge is -2.34. The third-order valence-corrected chi connectivity index (χ3v) is 4.19. The monoisotopic (exact) mass is 363 g/mol. The van der Waals surface area contributed by atoms with Crippen molar-refractivity contribution in [2.24, 2.45) is 0 Å². The van der Waals surface area contributed by atoms with E-state index in [2.05, 4.69) is 20.5 Å². The number of carbonyl (C=O) groups excluding carboxylic acids is 1. The SMILES string of the molecule is CC(C)(C)OC(=O)N1CCCC(Nc2nnc(Cl)c3cccnc23)C1. The molecular weight excluding hydrogens is 342 g/mol. The Morgan fingerprint density at radius 3 is 2.96 bits per heavy atom. The summed E-state index contributed by atoms with van der Waals surface area (Å²) in [6.07, 6.45) is 3.23. The first-order chi connectivity index (χ1) is 11.8. The van der Waals surface area contributed by atoms with Gasteiger partial charge < -0.3 is 15.0 Å². The zero-order valence-electron chi connectivity index (χ0n) is 14.6. The molecule has 1 N–H and O–H groups in total. The van der Waals surface area contributed by atoms with E-state index in [0.29, 0.717) is 29.6 Å². The fourth-order valence-electron chi connectivity index (χ4n) is 2.83. The molecule has 2 aromatic rings. The number of halogens is 1. The Labute approximate surface area is 151 Å². The van der Waals surface area contributed by atoms with Crippen LogP contribution in [0.4, 0.5) is 10.6 Å². The number of anilines is 1. The average molecular weight is 364 g/mol. The lowest BCUT2D eigenvalue weighted by atomic mass is 10.1. The molecule has 0 spiro atoms. The van der Waals surface area contributed by atoms with Gasteiger partial charge in [-0.25, -0.2) is 4.79 Å². The van der Waals surface area contributed by atoms with Gasteiger partial charge in [0.2, 0.25) is 0 Å². The highest BCUT2D eigenvalue weighted by atomic mass is 35.5. The van der Waals surface area contributed by atoms with Gasteiger partial charge in [-0.05, 0) is 45.7 Å². The van der Waals surface area contributed by atoms with Crippen LogP contribution in [0, 0.1) is 0 Å². The molecule has 1 saturated heterocycles. The largest absolute Gasteiger partial charge is 0.444 e. The zero-order chi connectivity index (χ0) is 18.0. The number of nitrogens with one attached hydrogen (secondary N) is 1. The number of nitrogens with zero attached hydrogens (tertiary/aromatic N) is 4. The van der Waals surface area contributed by atoms with E-state index in [4.69, 9.17) is 16.3 Å². The van der Waals surface area contributed by atoms with E-state index < -0.39 is 5.60 Å². The van der Waals surface area contributed by atoms with Crippen LogP contribution in [-0.2, 0) is 4.74 Å². The van der Waals surface area contributed by atoms with Crippen LogP contribution in [0.15, 0.2) is 18.3 Å². The summed E-state index contributed by atoms with van der Waals surface area (Å²) < 4.78 is 5.46. The number of amides is 1. The van der Waals surface area contributed by atoms with Crippen molar-refractivity contribution in [3.63, 3.8) is 0 Å². The lowest BCUT2D eigenvalue weighted by molar-refractivity contribution is 0.0206. The number of carbonyl (C=O) groups is 1. The molecular formula is C17H22ClN5O2. The van der Waals surface area contributed by atoms with Gasteiger partial charge in [-0.2, -0.15) is 0 Å². The summed E-state index contributed by atoms with van der Waals surface area (Å²) in [4.78, 5) is 18.4. The van der Waals surface area contributed by atoms with Crippen molar-refractivity contribution >= 4 is 34.4 Å². The molecule has 1 aliphatic heterocycles. The number of hydrogen-bond donors (Lipinski definition) is 1. The molecule has 0 bridgehead atoms. The van der Waals surface area contributed by atoms with Crippen molar-refractivity contribution in [1.29, 1.82) is 0 Å². The van der Waals surface area contributed by atoms with Crippen molar-refractivity contribution in [1.82, 2.24) is 20.1 Å². The van der Waals surface area contributed by atoms with Crippen LogP contribution in [-0.4, -0.2) is 50.9 Å². The maximum Gasteiger partial charge on any atom is 0.410 e. The van der Waals surface area contributed by atoms with E-state index in [1.165, 1.54) is 0 Å². The molecule has 25 heavy (non-hydrogen) atoms. The van der Waals surface area contributed by atoms with Crippen molar-refractivity contribution < 1.29 is 9.53 Å². The first kappa shape index (κ1) is 17.7. The molecule has 3 heterocycles. The van der Waals surface area contributed by atoms with E-state index in [9.17, 15) is 4.79 Å². The minimum atomic E-state index is -0.501. The smallest absolute Gasteiger partial charge is 0.410 e. The second-order valence-corrected chi connectivity index (χ2v) is 7.51. The molecule has 0 aliphatic carbocycles. The van der Waals surface area contributed by atoms with E-state index in [1.807, 2.05) is 32.9 Å². The minimum absolute atomic E-state index is 0.0574. The molecule has 1 amide bonds. The molecule has 8 heteroatoms. The molecule has 3 rings (SSSR count). The summed E-state index contributed by atoms with van der Waals surface area (Å²) in [6.45, 7) is 6.84. The van der Waals surface area contributed by atoms with Gasteiger partial charge in [0, 0.05) is 30.7 Å². The first-order valence-electron chi connectivity index (χ1n) is 8.35. The van der Waals surface area contributed by atoms with E-state index in [1.54, 1.807) is 11.1 Å². The van der Waals surface area contributed by atoms with Crippen LogP contribution < -0.4 is 5.32 Å². The minimum Gasteiger partial charge on any atom is -0.444 e. The van der Waals surface area contributed by atoms with Crippen molar-refractivity contribution in [3.05, 3.63) is 23.5 Å². The molecule has 1 fully saturated rings. The summed E-state index contributed by atoms with van der Waals surface area (Å²) in [7, 11) is 0. The van der Waals surface area contributed by atoms with Crippen LogP contribution in [0.25, 0.3) is 10.9 Å². The van der Waals surface area contributed by atoms with Crippen LogP contribution in [0.5, 0.6) is 0 Å². The summed E-state index contributed by atoms with van der Waals surface area (Å²) in [5.41, 5.74) is 0.177. The summed E-state index contributed by atoms with van der Waals surface area (Å²) >= 11 is 6.09. The fourth-order valence-corrected chi connectivity index (χ4v) is 3.02. The molecule has 7 nitrogen and oxygen atoms in total. The highest BCUT2D eigenvalue weighted by Gasteiger charge is 2.28. The van der Waals surface area contributed by atoms with Crippen LogP contribution in [0.1, 0.15) is 33.6 Å². The molecule has 134 valence electrons. The Morgan fingerprint density at radius 1 is 1.40 bits per heavy atom. The van der Waals surface area contributed by atoms with Crippen molar-refractivity contribution in [2.45, 2.75) is 45.3 Å². The number of rotatable bonds is 2. The van der Waals surface area contributed by atoms with E-state index in [-0.39, 0.29) is 12.1 Å². The fraction of sp³-hybridized carbons (Fsp3) is 0.529. The molecule has 0 radical (unpaired) electrons. The Balaban J connectivity index is 1.73.